The van der Waals surface area contributed by atoms with Gasteiger partial charge in [0.25, 0.3) is 0 Å². The SMILES string of the molecule is O=C(O)c1nc(=S)[nH]c2c1CCNC2. The van der Waals surface area contributed by atoms with E-state index in [-0.39, 0.29) is 10.5 Å². The minimum atomic E-state index is -1.01. The zero-order valence-corrected chi connectivity index (χ0v) is 8.15. The van der Waals surface area contributed by atoms with Crippen LogP contribution in [0.2, 0.25) is 0 Å². The molecule has 5 nitrogen and oxygen atoms in total. The molecule has 0 aliphatic carbocycles. The molecule has 2 heterocycles. The number of carboxylic acids is 1. The average Bonchev–Trinajstić information content (AvgIpc) is 2.16. The highest BCUT2D eigenvalue weighted by Crippen LogP contribution is 2.14. The first kappa shape index (κ1) is 9.29. The molecule has 0 amide bonds. The maximum absolute atomic E-state index is 10.9. The lowest BCUT2D eigenvalue weighted by Gasteiger charge is -2.17. The predicted molar refractivity (Wildman–Crippen MR) is 51.8 cm³/mol. The quantitative estimate of drug-likeness (QED) is 0.589. The van der Waals surface area contributed by atoms with E-state index in [2.05, 4.69) is 15.3 Å². The fraction of sp³-hybridized carbons (Fsp3) is 0.375. The van der Waals surface area contributed by atoms with Crippen LogP contribution in [0.5, 0.6) is 0 Å². The summed E-state index contributed by atoms with van der Waals surface area (Å²) in [7, 11) is 0. The number of carbonyl (C=O) groups is 1. The van der Waals surface area contributed by atoms with Gasteiger partial charge in [0.1, 0.15) is 0 Å². The molecule has 1 aliphatic heterocycles. The van der Waals surface area contributed by atoms with Crippen LogP contribution in [0.3, 0.4) is 0 Å². The van der Waals surface area contributed by atoms with Gasteiger partial charge in [0, 0.05) is 17.8 Å². The Morgan fingerprint density at radius 3 is 3.07 bits per heavy atom. The minimum Gasteiger partial charge on any atom is -0.476 e. The average molecular weight is 211 g/mol. The Bertz CT molecular complexity index is 441. The molecule has 0 saturated carbocycles. The molecule has 1 aromatic heterocycles. The van der Waals surface area contributed by atoms with Gasteiger partial charge in [-0.05, 0) is 25.2 Å². The molecular weight excluding hydrogens is 202 g/mol. The van der Waals surface area contributed by atoms with Crippen LogP contribution in [0.25, 0.3) is 0 Å². The van der Waals surface area contributed by atoms with Gasteiger partial charge >= 0.3 is 5.97 Å². The lowest BCUT2D eigenvalue weighted by atomic mass is 10.0. The van der Waals surface area contributed by atoms with E-state index in [1.165, 1.54) is 0 Å². The van der Waals surface area contributed by atoms with Crippen LogP contribution in [0, 0.1) is 4.77 Å². The molecule has 0 fully saturated rings. The van der Waals surface area contributed by atoms with E-state index in [0.717, 1.165) is 17.8 Å². The molecule has 14 heavy (non-hydrogen) atoms. The second kappa shape index (κ2) is 3.47. The van der Waals surface area contributed by atoms with Gasteiger partial charge < -0.3 is 15.4 Å². The molecule has 0 saturated heterocycles. The third-order valence-electron chi connectivity index (χ3n) is 2.18. The highest BCUT2D eigenvalue weighted by Gasteiger charge is 2.18. The predicted octanol–water partition coefficient (Wildman–Crippen LogP) is 0.483. The van der Waals surface area contributed by atoms with Crippen LogP contribution in [0.1, 0.15) is 21.7 Å². The third kappa shape index (κ3) is 1.53. The van der Waals surface area contributed by atoms with Crippen molar-refractivity contribution in [2.24, 2.45) is 0 Å². The highest BCUT2D eigenvalue weighted by atomic mass is 32.1. The fourth-order valence-electron chi connectivity index (χ4n) is 1.57. The van der Waals surface area contributed by atoms with E-state index in [9.17, 15) is 4.79 Å². The molecule has 74 valence electrons. The lowest BCUT2D eigenvalue weighted by Crippen LogP contribution is -2.27. The summed E-state index contributed by atoms with van der Waals surface area (Å²) in [5.74, 6) is -1.01. The summed E-state index contributed by atoms with van der Waals surface area (Å²) in [5.41, 5.74) is 1.70. The first-order chi connectivity index (χ1) is 6.68. The number of nitrogens with zero attached hydrogens (tertiary/aromatic N) is 1. The number of rotatable bonds is 1. The molecular formula is C8H9N3O2S. The summed E-state index contributed by atoms with van der Waals surface area (Å²) in [5, 5.41) is 12.1. The summed E-state index contributed by atoms with van der Waals surface area (Å²) < 4.78 is 0.227. The minimum absolute atomic E-state index is 0.0882. The third-order valence-corrected chi connectivity index (χ3v) is 2.37. The Hall–Kier alpha value is -1.27. The van der Waals surface area contributed by atoms with Gasteiger partial charge in [-0.3, -0.25) is 0 Å². The number of H-pyrrole nitrogens is 1. The molecule has 0 radical (unpaired) electrons. The second-order valence-electron chi connectivity index (χ2n) is 3.08. The van der Waals surface area contributed by atoms with Crippen molar-refractivity contribution in [1.82, 2.24) is 15.3 Å². The Kier molecular flexibility index (Phi) is 2.30. The van der Waals surface area contributed by atoms with Crippen molar-refractivity contribution in [2.45, 2.75) is 13.0 Å². The number of hydrogen-bond acceptors (Lipinski definition) is 4. The van der Waals surface area contributed by atoms with Crippen LogP contribution in [-0.4, -0.2) is 27.6 Å². The first-order valence-corrected chi connectivity index (χ1v) is 4.65. The number of aromatic carboxylic acids is 1. The number of nitrogens with one attached hydrogen (secondary N) is 2. The molecule has 1 aromatic rings. The van der Waals surface area contributed by atoms with Gasteiger partial charge in [0.15, 0.2) is 10.5 Å². The van der Waals surface area contributed by atoms with Crippen LogP contribution in [0.4, 0.5) is 0 Å². The van der Waals surface area contributed by atoms with Crippen molar-refractivity contribution in [3.8, 4) is 0 Å². The van der Waals surface area contributed by atoms with Gasteiger partial charge in [-0.2, -0.15) is 0 Å². The van der Waals surface area contributed by atoms with Crippen molar-refractivity contribution in [1.29, 1.82) is 0 Å². The van der Waals surface area contributed by atoms with Crippen LogP contribution in [-0.2, 0) is 13.0 Å². The summed E-state index contributed by atoms with van der Waals surface area (Å²) >= 11 is 4.85. The van der Waals surface area contributed by atoms with E-state index in [1.807, 2.05) is 0 Å². The van der Waals surface area contributed by atoms with Gasteiger partial charge in [-0.1, -0.05) is 0 Å². The highest BCUT2D eigenvalue weighted by molar-refractivity contribution is 7.71. The Labute approximate surface area is 85.2 Å². The van der Waals surface area contributed by atoms with Crippen molar-refractivity contribution in [3.05, 3.63) is 21.7 Å². The van der Waals surface area contributed by atoms with Gasteiger partial charge in [-0.15, -0.1) is 0 Å². The maximum atomic E-state index is 10.9. The largest absolute Gasteiger partial charge is 0.476 e. The van der Waals surface area contributed by atoms with Crippen molar-refractivity contribution in [2.75, 3.05) is 6.54 Å². The van der Waals surface area contributed by atoms with E-state index < -0.39 is 5.97 Å². The summed E-state index contributed by atoms with van der Waals surface area (Å²) in [6.45, 7) is 1.40. The molecule has 1 aliphatic rings. The summed E-state index contributed by atoms with van der Waals surface area (Å²) in [6.07, 6.45) is 0.677. The lowest BCUT2D eigenvalue weighted by molar-refractivity contribution is 0.0688. The van der Waals surface area contributed by atoms with Gasteiger partial charge in [0.2, 0.25) is 0 Å². The Morgan fingerprint density at radius 1 is 1.57 bits per heavy atom. The fourth-order valence-corrected chi connectivity index (χ4v) is 1.78. The zero-order chi connectivity index (χ0) is 10.1. The smallest absolute Gasteiger partial charge is 0.354 e. The van der Waals surface area contributed by atoms with Gasteiger partial charge in [-0.25, -0.2) is 9.78 Å². The van der Waals surface area contributed by atoms with E-state index in [0.29, 0.717) is 13.0 Å². The molecule has 0 spiro atoms. The van der Waals surface area contributed by atoms with E-state index >= 15 is 0 Å². The van der Waals surface area contributed by atoms with E-state index in [1.54, 1.807) is 0 Å². The van der Waals surface area contributed by atoms with Crippen LogP contribution < -0.4 is 5.32 Å². The number of aromatic amines is 1. The van der Waals surface area contributed by atoms with E-state index in [4.69, 9.17) is 17.3 Å². The first-order valence-electron chi connectivity index (χ1n) is 4.24. The monoisotopic (exact) mass is 211 g/mol. The molecule has 2 rings (SSSR count). The normalized spacial score (nSPS) is 14.9. The molecule has 6 heteroatoms. The topological polar surface area (TPSA) is 78.0 Å². The number of hydrogen-bond donors (Lipinski definition) is 3. The molecule has 0 unspecified atom stereocenters. The van der Waals surface area contributed by atoms with Crippen molar-refractivity contribution in [3.63, 3.8) is 0 Å². The number of carboxylic acid groups (broad SMARTS) is 1. The summed E-state index contributed by atoms with van der Waals surface area (Å²) in [4.78, 5) is 17.6. The molecule has 0 atom stereocenters. The Balaban J connectivity index is 2.64. The number of fused-ring (bicyclic) bond motifs is 1. The second-order valence-corrected chi connectivity index (χ2v) is 3.47. The molecule has 3 N–H and O–H groups in total. The van der Waals surface area contributed by atoms with Crippen molar-refractivity contribution < 1.29 is 9.90 Å². The maximum Gasteiger partial charge on any atom is 0.354 e. The standard InChI is InChI=1S/C8H9N3O2S/c12-7(13)6-4-1-2-9-3-5(4)10-8(14)11-6/h9H,1-3H2,(H,12,13)(H,10,11,14). The Morgan fingerprint density at radius 2 is 2.36 bits per heavy atom. The van der Waals surface area contributed by atoms with Crippen LogP contribution >= 0.6 is 12.2 Å². The van der Waals surface area contributed by atoms with Crippen molar-refractivity contribution >= 4 is 18.2 Å². The number of aromatic nitrogens is 2. The zero-order valence-electron chi connectivity index (χ0n) is 7.33. The summed E-state index contributed by atoms with van der Waals surface area (Å²) in [6, 6.07) is 0. The van der Waals surface area contributed by atoms with Crippen LogP contribution in [0.15, 0.2) is 0 Å². The molecule has 0 aromatic carbocycles. The molecule has 0 bridgehead atoms. The van der Waals surface area contributed by atoms with Gasteiger partial charge in [0.05, 0.1) is 0 Å².